The van der Waals surface area contributed by atoms with E-state index in [4.69, 9.17) is 0 Å². The van der Waals surface area contributed by atoms with Crippen LogP contribution in [0.25, 0.3) is 22.2 Å². The molecule has 1 N–H and O–H groups in total. The van der Waals surface area contributed by atoms with Gasteiger partial charge in [0.1, 0.15) is 11.5 Å². The molecule has 0 amide bonds. The highest BCUT2D eigenvalue weighted by Gasteiger charge is 2.27. The van der Waals surface area contributed by atoms with Crippen molar-refractivity contribution in [2.75, 3.05) is 18.0 Å². The number of nitrogens with zero attached hydrogens (tertiary/aromatic N) is 4. The molecule has 3 aromatic rings. The second kappa shape index (κ2) is 7.92. The molecular weight excluding hydrogens is 416 g/mol. The number of thioether (sulfide) groups is 1. The number of benzene rings is 1. The van der Waals surface area contributed by atoms with E-state index < -0.39 is 17.2 Å². The number of nitrogens with one attached hydrogen (secondary N) is 1. The molecular formula is C19H19F2N5OS2. The maximum atomic E-state index is 15.2. The van der Waals surface area contributed by atoms with E-state index in [9.17, 15) is 9.18 Å². The van der Waals surface area contributed by atoms with Crippen molar-refractivity contribution in [1.29, 1.82) is 0 Å². The molecule has 29 heavy (non-hydrogen) atoms. The van der Waals surface area contributed by atoms with E-state index >= 15 is 4.39 Å². The number of fused-ring (bicyclic) bond motifs is 1. The third-order valence-electron chi connectivity index (χ3n) is 4.83. The lowest BCUT2D eigenvalue weighted by Crippen LogP contribution is -2.21. The third kappa shape index (κ3) is 3.84. The zero-order valence-corrected chi connectivity index (χ0v) is 17.7. The molecule has 2 heterocycles. The lowest BCUT2D eigenvalue weighted by molar-refractivity contribution is 0.560. The Labute approximate surface area is 175 Å². The molecule has 1 fully saturated rings. The Bertz CT molecular complexity index is 1150. The summed E-state index contributed by atoms with van der Waals surface area (Å²) in [6.07, 6.45) is 5.59. The molecule has 6 nitrogen and oxygen atoms in total. The number of pyridine rings is 1. The van der Waals surface area contributed by atoms with Gasteiger partial charge < -0.3 is 4.72 Å². The molecule has 1 aliphatic carbocycles. The minimum Gasteiger partial charge on any atom is -0.314 e. The van der Waals surface area contributed by atoms with Crippen LogP contribution in [-0.2, 0) is 7.05 Å². The van der Waals surface area contributed by atoms with Gasteiger partial charge in [-0.05, 0) is 44.3 Å². The fourth-order valence-electron chi connectivity index (χ4n) is 3.02. The van der Waals surface area contributed by atoms with E-state index in [1.165, 1.54) is 47.6 Å². The molecule has 0 spiro atoms. The highest BCUT2D eigenvalue weighted by molar-refractivity contribution is 7.98. The van der Waals surface area contributed by atoms with E-state index in [1.807, 2.05) is 17.6 Å². The average molecular weight is 436 g/mol. The van der Waals surface area contributed by atoms with Gasteiger partial charge in [-0.3, -0.25) is 9.36 Å². The van der Waals surface area contributed by atoms with Gasteiger partial charge in [-0.25, -0.2) is 23.1 Å². The van der Waals surface area contributed by atoms with Crippen LogP contribution in [0.15, 0.2) is 34.3 Å². The minimum absolute atomic E-state index is 0.0697. The predicted octanol–water partition coefficient (Wildman–Crippen LogP) is 4.06. The van der Waals surface area contributed by atoms with Crippen LogP contribution in [0, 0.1) is 11.6 Å². The summed E-state index contributed by atoms with van der Waals surface area (Å²) < 4.78 is 36.0. The van der Waals surface area contributed by atoms with E-state index in [-0.39, 0.29) is 16.8 Å². The van der Waals surface area contributed by atoms with E-state index in [2.05, 4.69) is 14.7 Å². The van der Waals surface area contributed by atoms with Crippen LogP contribution in [0.2, 0.25) is 0 Å². The van der Waals surface area contributed by atoms with Crippen molar-refractivity contribution in [1.82, 2.24) is 18.8 Å². The number of rotatable bonds is 6. The molecule has 10 heteroatoms. The lowest BCUT2D eigenvalue weighted by Gasteiger charge is -2.17. The van der Waals surface area contributed by atoms with Crippen molar-refractivity contribution in [3.05, 3.63) is 46.4 Å². The summed E-state index contributed by atoms with van der Waals surface area (Å²) in [6, 6.07) is 4.40. The maximum absolute atomic E-state index is 15.2. The van der Waals surface area contributed by atoms with Crippen molar-refractivity contribution >= 4 is 40.6 Å². The van der Waals surface area contributed by atoms with Crippen molar-refractivity contribution in [2.45, 2.75) is 24.0 Å². The number of anilines is 1. The first-order valence-corrected chi connectivity index (χ1v) is 11.0. The zero-order chi connectivity index (χ0) is 20.7. The van der Waals surface area contributed by atoms with Gasteiger partial charge in [0.2, 0.25) is 0 Å². The van der Waals surface area contributed by atoms with Crippen LogP contribution >= 0.6 is 23.9 Å². The number of hydrogen-bond acceptors (Lipinski definition) is 7. The number of aromatic nitrogens is 3. The van der Waals surface area contributed by atoms with Gasteiger partial charge in [0.05, 0.1) is 16.8 Å². The van der Waals surface area contributed by atoms with Crippen molar-refractivity contribution in [3.8, 4) is 11.1 Å². The Morgan fingerprint density at radius 1 is 1.31 bits per heavy atom. The molecule has 1 aliphatic rings. The quantitative estimate of drug-likeness (QED) is 0.356. The molecule has 0 radical (unpaired) electrons. The summed E-state index contributed by atoms with van der Waals surface area (Å²) in [6.45, 7) is 0. The lowest BCUT2D eigenvalue weighted by atomic mass is 10.0. The van der Waals surface area contributed by atoms with Crippen molar-refractivity contribution < 1.29 is 8.78 Å². The molecule has 0 saturated heterocycles. The molecule has 1 saturated carbocycles. The number of halogens is 2. The fourth-order valence-corrected chi connectivity index (χ4v) is 4.12. The first kappa shape index (κ1) is 20.1. The van der Waals surface area contributed by atoms with Crippen LogP contribution < -0.4 is 10.3 Å². The summed E-state index contributed by atoms with van der Waals surface area (Å²) in [5.41, 5.74) is -0.424. The highest BCUT2D eigenvalue weighted by atomic mass is 32.2. The smallest absolute Gasteiger partial charge is 0.260 e. The topological polar surface area (TPSA) is 63.1 Å². The highest BCUT2D eigenvalue weighted by Crippen LogP contribution is 2.34. The summed E-state index contributed by atoms with van der Waals surface area (Å²) in [7, 11) is 3.45. The molecule has 2 aromatic heterocycles. The summed E-state index contributed by atoms with van der Waals surface area (Å²) >= 11 is 2.60. The van der Waals surface area contributed by atoms with Crippen LogP contribution in [-0.4, -0.2) is 38.2 Å². The van der Waals surface area contributed by atoms with Gasteiger partial charge in [-0.1, -0.05) is 11.8 Å². The number of aryl methyl sites for hydroxylation is 1. The molecule has 4 rings (SSSR count). The Kier molecular flexibility index (Phi) is 5.50. The summed E-state index contributed by atoms with van der Waals surface area (Å²) in [5.74, 6) is -1.61. The second-order valence-corrected chi connectivity index (χ2v) is 8.55. The van der Waals surface area contributed by atoms with Gasteiger partial charge >= 0.3 is 0 Å². The van der Waals surface area contributed by atoms with Crippen LogP contribution in [0.5, 0.6) is 0 Å². The number of hydrogen-bond donors (Lipinski definition) is 1. The van der Waals surface area contributed by atoms with Crippen molar-refractivity contribution in [2.24, 2.45) is 7.05 Å². The monoisotopic (exact) mass is 435 g/mol. The molecule has 0 aliphatic heterocycles. The Morgan fingerprint density at radius 2 is 2.07 bits per heavy atom. The standard InChI is InChI=1S/C19H19F2N5OS2/c1-25-17-10(9-22-19(23-17)28-3)8-12(18(25)27)15-13(20)6-7-14(16(15)21)24-29-26(2)11-4-5-11/h6-9,11,24H,4-5H2,1-3H3. The van der Waals surface area contributed by atoms with Gasteiger partial charge in [0.15, 0.2) is 11.0 Å². The Balaban J connectivity index is 1.79. The van der Waals surface area contributed by atoms with Crippen molar-refractivity contribution in [3.63, 3.8) is 0 Å². The Morgan fingerprint density at radius 3 is 2.76 bits per heavy atom. The van der Waals surface area contributed by atoms with Gasteiger partial charge in [-0.2, -0.15) is 0 Å². The molecule has 0 bridgehead atoms. The first-order valence-electron chi connectivity index (χ1n) is 8.95. The van der Waals surface area contributed by atoms with Gasteiger partial charge in [0.25, 0.3) is 5.56 Å². The van der Waals surface area contributed by atoms with E-state index in [0.29, 0.717) is 22.2 Å². The molecule has 1 aromatic carbocycles. The maximum Gasteiger partial charge on any atom is 0.260 e. The fraction of sp³-hybridized carbons (Fsp3) is 0.316. The predicted molar refractivity (Wildman–Crippen MR) is 114 cm³/mol. The van der Waals surface area contributed by atoms with Crippen LogP contribution in [0.1, 0.15) is 12.8 Å². The third-order valence-corrected chi connectivity index (χ3v) is 6.29. The molecule has 0 atom stereocenters. The van der Waals surface area contributed by atoms with Gasteiger partial charge in [0, 0.05) is 36.8 Å². The minimum atomic E-state index is -0.806. The molecule has 152 valence electrons. The molecule has 0 unspecified atom stereocenters. The zero-order valence-electron chi connectivity index (χ0n) is 16.1. The van der Waals surface area contributed by atoms with Crippen LogP contribution in [0.4, 0.5) is 14.5 Å². The second-order valence-electron chi connectivity index (χ2n) is 6.81. The van der Waals surface area contributed by atoms with E-state index in [0.717, 1.165) is 18.9 Å². The first-order chi connectivity index (χ1) is 13.9. The normalized spacial score (nSPS) is 14.0. The largest absolute Gasteiger partial charge is 0.314 e. The Hall–Kier alpha value is -2.17. The summed E-state index contributed by atoms with van der Waals surface area (Å²) in [4.78, 5) is 21.4. The van der Waals surface area contributed by atoms with E-state index in [1.54, 1.807) is 6.20 Å². The SMILES string of the molecule is CSc1ncc2cc(-c3c(F)ccc(NSN(C)C4CC4)c3F)c(=O)n(C)c2n1. The average Bonchev–Trinajstić information content (AvgIpc) is 3.56. The van der Waals surface area contributed by atoms with Crippen LogP contribution in [0.3, 0.4) is 0 Å². The van der Waals surface area contributed by atoms with Gasteiger partial charge in [-0.15, -0.1) is 0 Å². The summed E-state index contributed by atoms with van der Waals surface area (Å²) in [5, 5.41) is 1.04.